The fourth-order valence-electron chi connectivity index (χ4n) is 10.2. The molecule has 0 amide bonds. The van der Waals surface area contributed by atoms with Crippen LogP contribution in [0.1, 0.15) is 36.1 Å². The van der Waals surface area contributed by atoms with Gasteiger partial charge in [-0.3, -0.25) is 0 Å². The second-order valence-corrected chi connectivity index (χ2v) is 18.5. The number of hydrogen-bond acceptors (Lipinski definition) is 3. The summed E-state index contributed by atoms with van der Waals surface area (Å²) in [7, 11) is 0. The highest BCUT2D eigenvalue weighted by atomic mass is 32.1. The van der Waals surface area contributed by atoms with E-state index in [1.165, 1.54) is 81.4 Å². The molecule has 62 heavy (non-hydrogen) atoms. The molecule has 0 saturated carbocycles. The standard InChI is InChI=1S/C59H43NOS/c1-36-31-37(2)57-50-34-41(24-30-51(50)59(3,4)52(57)32-36)40-11-9-12-45(33-40)60(43-25-19-38(20-26-43)42-23-29-48-47-13-6-8-18-55(47)62-56(48)35-42)44-27-21-39(22-28-44)46-15-10-17-54-58(46)49-14-5-7-16-53(49)61-54/h5-35H,1-4H3. The van der Waals surface area contributed by atoms with Crippen LogP contribution >= 0.6 is 11.3 Å². The maximum absolute atomic E-state index is 6.27. The number of rotatable bonds is 6. The third kappa shape index (κ3) is 5.76. The minimum Gasteiger partial charge on any atom is -0.456 e. The zero-order chi connectivity index (χ0) is 41.7. The minimum absolute atomic E-state index is 0.0448. The summed E-state index contributed by atoms with van der Waals surface area (Å²) in [6.45, 7) is 9.21. The van der Waals surface area contributed by atoms with Crippen LogP contribution in [0.15, 0.2) is 192 Å². The number of furan rings is 1. The monoisotopic (exact) mass is 813 g/mol. The Labute approximate surface area is 366 Å². The summed E-state index contributed by atoms with van der Waals surface area (Å²) in [5, 5.41) is 4.93. The van der Waals surface area contributed by atoms with Crippen LogP contribution < -0.4 is 4.90 Å². The Kier molecular flexibility index (Phi) is 8.23. The summed E-state index contributed by atoms with van der Waals surface area (Å²) in [6.07, 6.45) is 0. The van der Waals surface area contributed by atoms with Crippen molar-refractivity contribution < 1.29 is 4.42 Å². The van der Waals surface area contributed by atoms with Gasteiger partial charge in [-0.2, -0.15) is 0 Å². The van der Waals surface area contributed by atoms with Gasteiger partial charge >= 0.3 is 0 Å². The Morgan fingerprint density at radius 3 is 1.90 bits per heavy atom. The van der Waals surface area contributed by atoms with E-state index in [0.29, 0.717) is 0 Å². The molecule has 0 saturated heterocycles. The van der Waals surface area contributed by atoms with Crippen molar-refractivity contribution in [2.24, 2.45) is 0 Å². The minimum atomic E-state index is -0.0448. The number of aryl methyl sites for hydroxylation is 2. The highest BCUT2D eigenvalue weighted by Crippen LogP contribution is 2.51. The molecule has 0 spiro atoms. The third-order valence-corrected chi connectivity index (χ3v) is 14.4. The van der Waals surface area contributed by atoms with Crippen molar-refractivity contribution in [3.8, 4) is 44.5 Å². The number of benzene rings is 9. The number of fused-ring (bicyclic) bond motifs is 9. The van der Waals surface area contributed by atoms with Crippen molar-refractivity contribution in [1.82, 2.24) is 0 Å². The van der Waals surface area contributed by atoms with Crippen LogP contribution in [-0.2, 0) is 5.41 Å². The first-order valence-corrected chi connectivity index (χ1v) is 22.3. The lowest BCUT2D eigenvalue weighted by Gasteiger charge is -2.26. The quantitative estimate of drug-likeness (QED) is 0.166. The highest BCUT2D eigenvalue weighted by Gasteiger charge is 2.36. The first-order valence-electron chi connectivity index (χ1n) is 21.5. The van der Waals surface area contributed by atoms with E-state index in [-0.39, 0.29) is 5.41 Å². The lowest BCUT2D eigenvalue weighted by molar-refractivity contribution is 0.659. The highest BCUT2D eigenvalue weighted by molar-refractivity contribution is 7.25. The summed E-state index contributed by atoms with van der Waals surface area (Å²) in [6, 6.07) is 69.2. The molecule has 2 nitrogen and oxygen atoms in total. The maximum Gasteiger partial charge on any atom is 0.136 e. The molecular formula is C59H43NOS. The molecule has 2 heterocycles. The van der Waals surface area contributed by atoms with Gasteiger partial charge in [-0.25, -0.2) is 0 Å². The van der Waals surface area contributed by atoms with E-state index in [1.807, 2.05) is 23.5 Å². The molecule has 296 valence electrons. The number of hydrogen-bond donors (Lipinski definition) is 0. The van der Waals surface area contributed by atoms with Crippen LogP contribution in [0.2, 0.25) is 0 Å². The van der Waals surface area contributed by atoms with Gasteiger partial charge in [0.2, 0.25) is 0 Å². The van der Waals surface area contributed by atoms with E-state index in [1.54, 1.807) is 0 Å². The lowest BCUT2D eigenvalue weighted by Crippen LogP contribution is -2.15. The second-order valence-electron chi connectivity index (χ2n) is 17.5. The summed E-state index contributed by atoms with van der Waals surface area (Å²) >= 11 is 1.86. The van der Waals surface area contributed by atoms with Gasteiger partial charge in [-0.05, 0) is 142 Å². The Bertz CT molecular complexity index is 3570. The lowest BCUT2D eigenvalue weighted by atomic mass is 9.81. The van der Waals surface area contributed by atoms with Gasteiger partial charge in [-0.1, -0.05) is 141 Å². The number of nitrogens with zero attached hydrogens (tertiary/aromatic N) is 1. The third-order valence-electron chi connectivity index (χ3n) is 13.2. The molecule has 1 aliphatic carbocycles. The Balaban J connectivity index is 0.961. The van der Waals surface area contributed by atoms with Gasteiger partial charge < -0.3 is 9.32 Å². The Hall–Kier alpha value is -7.20. The van der Waals surface area contributed by atoms with Gasteiger partial charge in [0.15, 0.2) is 0 Å². The average Bonchev–Trinajstić information content (AvgIpc) is 3.94. The zero-order valence-electron chi connectivity index (χ0n) is 35.2. The normalized spacial score (nSPS) is 13.0. The molecule has 0 radical (unpaired) electrons. The molecule has 0 bridgehead atoms. The summed E-state index contributed by atoms with van der Waals surface area (Å²) in [5.74, 6) is 0. The van der Waals surface area contributed by atoms with E-state index in [4.69, 9.17) is 4.42 Å². The van der Waals surface area contributed by atoms with Crippen LogP contribution in [0.5, 0.6) is 0 Å². The van der Waals surface area contributed by atoms with Crippen LogP contribution in [0.25, 0.3) is 86.6 Å². The van der Waals surface area contributed by atoms with Crippen molar-refractivity contribution in [1.29, 1.82) is 0 Å². The predicted octanol–water partition coefficient (Wildman–Crippen LogP) is 17.3. The number of para-hydroxylation sites is 1. The largest absolute Gasteiger partial charge is 0.456 e. The van der Waals surface area contributed by atoms with Crippen molar-refractivity contribution in [2.45, 2.75) is 33.1 Å². The molecule has 0 aliphatic heterocycles. The van der Waals surface area contributed by atoms with Crippen LogP contribution in [0.4, 0.5) is 17.1 Å². The molecule has 1 aliphatic rings. The van der Waals surface area contributed by atoms with Crippen molar-refractivity contribution in [3.63, 3.8) is 0 Å². The Morgan fingerprint density at radius 2 is 1.08 bits per heavy atom. The first kappa shape index (κ1) is 36.6. The first-order chi connectivity index (χ1) is 30.3. The Morgan fingerprint density at radius 1 is 0.435 bits per heavy atom. The van der Waals surface area contributed by atoms with Gasteiger partial charge in [0.25, 0.3) is 0 Å². The van der Waals surface area contributed by atoms with Crippen LogP contribution in [0.3, 0.4) is 0 Å². The molecule has 9 aromatic carbocycles. The zero-order valence-corrected chi connectivity index (χ0v) is 36.0. The van der Waals surface area contributed by atoms with Crippen molar-refractivity contribution >= 4 is 70.5 Å². The molecule has 2 aromatic heterocycles. The molecule has 12 rings (SSSR count). The van der Waals surface area contributed by atoms with Gasteiger partial charge in [0.1, 0.15) is 11.2 Å². The second kappa shape index (κ2) is 13.9. The molecule has 11 aromatic rings. The van der Waals surface area contributed by atoms with E-state index in [2.05, 4.69) is 209 Å². The molecule has 0 fully saturated rings. The average molecular weight is 814 g/mol. The smallest absolute Gasteiger partial charge is 0.136 e. The van der Waals surface area contributed by atoms with E-state index in [9.17, 15) is 0 Å². The molecule has 0 atom stereocenters. The topological polar surface area (TPSA) is 16.4 Å². The van der Waals surface area contributed by atoms with E-state index in [0.717, 1.165) is 44.6 Å². The van der Waals surface area contributed by atoms with E-state index >= 15 is 0 Å². The SMILES string of the molecule is Cc1cc(C)c2c(c1)C(C)(C)c1ccc(-c3cccc(N(c4ccc(-c5ccc6c(c5)sc5ccccc56)cc4)c4ccc(-c5cccc6oc7ccccc7c56)cc4)c3)cc1-2. The summed E-state index contributed by atoms with van der Waals surface area (Å²) in [5.41, 5.74) is 20.4. The van der Waals surface area contributed by atoms with Crippen molar-refractivity contribution in [2.75, 3.05) is 4.90 Å². The molecule has 0 N–H and O–H groups in total. The number of anilines is 3. The van der Waals surface area contributed by atoms with Gasteiger partial charge in [0, 0.05) is 53.4 Å². The predicted molar refractivity (Wildman–Crippen MR) is 265 cm³/mol. The number of thiophene rings is 1. The fraction of sp³-hybridized carbons (Fsp3) is 0.0847. The van der Waals surface area contributed by atoms with Gasteiger partial charge in [-0.15, -0.1) is 11.3 Å². The van der Waals surface area contributed by atoms with Crippen LogP contribution in [-0.4, -0.2) is 0 Å². The fourth-order valence-corrected chi connectivity index (χ4v) is 11.4. The summed E-state index contributed by atoms with van der Waals surface area (Å²) in [4.78, 5) is 2.39. The van der Waals surface area contributed by atoms with Crippen molar-refractivity contribution in [3.05, 3.63) is 210 Å². The molecule has 0 unspecified atom stereocenters. The maximum atomic E-state index is 6.27. The van der Waals surface area contributed by atoms with Gasteiger partial charge in [0.05, 0.1) is 0 Å². The summed E-state index contributed by atoms with van der Waals surface area (Å²) < 4.78 is 8.91. The van der Waals surface area contributed by atoms with E-state index < -0.39 is 0 Å². The molecule has 3 heteroatoms. The molecular weight excluding hydrogens is 771 g/mol. The van der Waals surface area contributed by atoms with Crippen LogP contribution in [0, 0.1) is 13.8 Å².